The van der Waals surface area contributed by atoms with Gasteiger partial charge in [0.2, 0.25) is 0 Å². The van der Waals surface area contributed by atoms with Crippen molar-refractivity contribution in [2.24, 2.45) is 0 Å². The van der Waals surface area contributed by atoms with Crippen molar-refractivity contribution in [1.82, 2.24) is 0 Å². The third-order valence-corrected chi connectivity index (χ3v) is 12.2. The predicted molar refractivity (Wildman–Crippen MR) is 225 cm³/mol. The molecule has 0 fully saturated rings. The Morgan fingerprint density at radius 2 is 1.47 bits per heavy atom. The van der Waals surface area contributed by atoms with Crippen LogP contribution < -0.4 is 9.80 Å². The monoisotopic (exact) mass is 688 g/mol. The Hall–Kier alpha value is -4.60. The molecule has 2 nitrogen and oxygen atoms in total. The lowest BCUT2D eigenvalue weighted by Crippen LogP contribution is -2.26. The summed E-state index contributed by atoms with van der Waals surface area (Å²) in [6, 6.07) is 34.7. The van der Waals surface area contributed by atoms with Gasteiger partial charge < -0.3 is 9.80 Å². The van der Waals surface area contributed by atoms with E-state index in [2.05, 4.69) is 167 Å². The van der Waals surface area contributed by atoms with E-state index < -0.39 is 0 Å². The fraction of sp³-hybridized carbons (Fsp3) is 0.292. The average Bonchev–Trinajstić information content (AvgIpc) is 3.63. The van der Waals surface area contributed by atoms with Gasteiger partial charge in [-0.25, -0.2) is 0 Å². The summed E-state index contributed by atoms with van der Waals surface area (Å²) in [5, 5.41) is 1.37. The number of nitrogens with zero attached hydrogens (tertiary/aromatic N) is 2. The molecule has 8 rings (SSSR count). The van der Waals surface area contributed by atoms with Crippen LogP contribution in [0, 0.1) is 0 Å². The molecule has 1 aromatic heterocycles. The molecule has 4 aromatic carbocycles. The highest BCUT2D eigenvalue weighted by Gasteiger charge is 2.37. The first-order chi connectivity index (χ1) is 24.7. The number of rotatable bonds is 5. The number of hydrogen-bond donors (Lipinski definition) is 0. The Kier molecular flexibility index (Phi) is 9.70. The standard InChI is InChI=1S/C46H46N2S.C2H6/c1-30(2)48(37-26-27-39-38-13-7-9-15-42(38)46(5,6)43(39)28-37)36-24-20-34(21-25-36)33-18-22-35(23-19-33)47-29-41-40-14-8-10-16-44(40)49-45(41)17-11-12-31(3)32(47)4;1-2/h8-11,14-28,30H,7,12-13,29H2,1-6H3;1-2H3/b17-11-,32-31-;. The van der Waals surface area contributed by atoms with Crippen LogP contribution in [0.15, 0.2) is 126 Å². The van der Waals surface area contributed by atoms with E-state index in [4.69, 9.17) is 0 Å². The minimum Gasteiger partial charge on any atom is -0.341 e. The fourth-order valence-electron chi connectivity index (χ4n) is 8.23. The van der Waals surface area contributed by atoms with Crippen LogP contribution in [-0.2, 0) is 12.0 Å². The van der Waals surface area contributed by atoms with Crippen molar-refractivity contribution in [2.45, 2.75) is 92.7 Å². The average molecular weight is 689 g/mol. The molecular formula is C48H52N2S. The zero-order valence-corrected chi connectivity index (χ0v) is 32.5. The fourth-order valence-corrected chi connectivity index (χ4v) is 9.38. The number of thiophene rings is 1. The Morgan fingerprint density at radius 3 is 2.20 bits per heavy atom. The maximum absolute atomic E-state index is 2.51. The minimum atomic E-state index is 0.0335. The number of benzene rings is 4. The molecule has 51 heavy (non-hydrogen) atoms. The summed E-state index contributed by atoms with van der Waals surface area (Å²) < 4.78 is 1.36. The van der Waals surface area contributed by atoms with E-state index in [-0.39, 0.29) is 5.41 Å². The molecule has 2 aliphatic carbocycles. The van der Waals surface area contributed by atoms with Gasteiger partial charge in [0.15, 0.2) is 0 Å². The number of allylic oxidation sites excluding steroid dienone is 7. The summed E-state index contributed by atoms with van der Waals surface area (Å²) in [4.78, 5) is 6.36. The molecule has 0 saturated heterocycles. The minimum absolute atomic E-state index is 0.0335. The van der Waals surface area contributed by atoms with Gasteiger partial charge in [0, 0.05) is 50.3 Å². The SMILES string of the molecule is C/C1=C(\C)N(c2ccc(-c3ccc(N(c4ccc5c(c4)C(C)(C)C4=C5CCC=C4)C(C)C)cc3)cc2)Cc2c(sc3ccccc23)/C=C\C1.CC. The molecule has 0 N–H and O–H groups in total. The van der Waals surface area contributed by atoms with Crippen molar-refractivity contribution in [2.75, 3.05) is 9.80 Å². The smallest absolute Gasteiger partial charge is 0.0498 e. The summed E-state index contributed by atoms with van der Waals surface area (Å²) in [6.45, 7) is 18.8. The quantitative estimate of drug-likeness (QED) is 0.181. The van der Waals surface area contributed by atoms with E-state index in [0.717, 1.165) is 25.8 Å². The van der Waals surface area contributed by atoms with Crippen LogP contribution in [0.1, 0.15) is 96.2 Å². The van der Waals surface area contributed by atoms with E-state index >= 15 is 0 Å². The predicted octanol–water partition coefficient (Wildman–Crippen LogP) is 14.3. The summed E-state index contributed by atoms with van der Waals surface area (Å²) in [7, 11) is 0. The molecular weight excluding hydrogens is 637 g/mol. The van der Waals surface area contributed by atoms with Gasteiger partial charge in [-0.3, -0.25) is 0 Å². The Bertz CT molecular complexity index is 2180. The van der Waals surface area contributed by atoms with Crippen molar-refractivity contribution < 1.29 is 0 Å². The van der Waals surface area contributed by atoms with Gasteiger partial charge in [-0.15, -0.1) is 11.3 Å². The van der Waals surface area contributed by atoms with E-state index in [1.807, 2.05) is 25.2 Å². The molecule has 260 valence electrons. The van der Waals surface area contributed by atoms with Gasteiger partial charge in [0.05, 0.1) is 0 Å². The lowest BCUT2D eigenvalue weighted by Gasteiger charge is -2.31. The third kappa shape index (κ3) is 6.31. The summed E-state index contributed by atoms with van der Waals surface area (Å²) in [5.41, 5.74) is 16.3. The molecule has 2 heterocycles. The maximum Gasteiger partial charge on any atom is 0.0498 e. The molecule has 0 amide bonds. The van der Waals surface area contributed by atoms with E-state index in [0.29, 0.717) is 6.04 Å². The normalized spacial score (nSPS) is 18.3. The Labute approximate surface area is 310 Å². The summed E-state index contributed by atoms with van der Waals surface area (Å²) >= 11 is 1.90. The van der Waals surface area contributed by atoms with Crippen LogP contribution in [-0.4, -0.2) is 6.04 Å². The van der Waals surface area contributed by atoms with Crippen molar-refractivity contribution >= 4 is 50.1 Å². The molecule has 0 unspecified atom stereocenters. The van der Waals surface area contributed by atoms with E-state index in [9.17, 15) is 0 Å². The lowest BCUT2D eigenvalue weighted by atomic mass is 9.80. The number of anilines is 3. The third-order valence-electron chi connectivity index (χ3n) is 11.1. The molecule has 5 aromatic rings. The summed E-state index contributed by atoms with van der Waals surface area (Å²) in [6.07, 6.45) is 12.6. The highest BCUT2D eigenvalue weighted by atomic mass is 32.1. The second kappa shape index (κ2) is 14.2. The Balaban J connectivity index is 0.00000200. The molecule has 0 saturated carbocycles. The molecule has 0 spiro atoms. The second-order valence-electron chi connectivity index (χ2n) is 14.7. The van der Waals surface area contributed by atoms with Crippen LogP contribution in [0.3, 0.4) is 0 Å². The first-order valence-electron chi connectivity index (χ1n) is 18.9. The summed E-state index contributed by atoms with van der Waals surface area (Å²) in [5.74, 6) is 0. The molecule has 3 aliphatic rings. The largest absolute Gasteiger partial charge is 0.341 e. The number of fused-ring (bicyclic) bond motifs is 5. The van der Waals surface area contributed by atoms with Crippen LogP contribution in [0.2, 0.25) is 0 Å². The van der Waals surface area contributed by atoms with Crippen molar-refractivity contribution in [1.29, 1.82) is 0 Å². The first kappa shape index (κ1) is 34.8. The zero-order valence-electron chi connectivity index (χ0n) is 31.7. The van der Waals surface area contributed by atoms with Crippen molar-refractivity contribution in [3.8, 4) is 11.1 Å². The molecule has 1 aliphatic heterocycles. The van der Waals surface area contributed by atoms with Crippen LogP contribution in [0.25, 0.3) is 32.9 Å². The second-order valence-corrected chi connectivity index (χ2v) is 15.8. The first-order valence-corrected chi connectivity index (χ1v) is 19.7. The highest BCUT2D eigenvalue weighted by Crippen LogP contribution is 2.51. The van der Waals surface area contributed by atoms with Gasteiger partial charge in [-0.1, -0.05) is 100 Å². The number of hydrogen-bond acceptors (Lipinski definition) is 3. The van der Waals surface area contributed by atoms with Crippen molar-refractivity contribution in [3.63, 3.8) is 0 Å². The van der Waals surface area contributed by atoms with E-state index in [1.54, 1.807) is 5.57 Å². The van der Waals surface area contributed by atoms with E-state index in [1.165, 1.54) is 76.7 Å². The lowest BCUT2D eigenvalue weighted by molar-refractivity contribution is 0.650. The Morgan fingerprint density at radius 1 is 0.784 bits per heavy atom. The molecule has 0 atom stereocenters. The van der Waals surface area contributed by atoms with Gasteiger partial charge >= 0.3 is 0 Å². The van der Waals surface area contributed by atoms with Gasteiger partial charge in [-0.05, 0) is 140 Å². The van der Waals surface area contributed by atoms with Crippen LogP contribution in [0.4, 0.5) is 17.1 Å². The van der Waals surface area contributed by atoms with Gasteiger partial charge in [0.25, 0.3) is 0 Å². The van der Waals surface area contributed by atoms with Crippen LogP contribution >= 0.6 is 11.3 Å². The zero-order chi connectivity index (χ0) is 35.9. The maximum atomic E-state index is 2.51. The molecule has 3 heteroatoms. The molecule has 0 radical (unpaired) electrons. The highest BCUT2D eigenvalue weighted by molar-refractivity contribution is 7.20. The topological polar surface area (TPSA) is 6.48 Å². The van der Waals surface area contributed by atoms with Gasteiger partial charge in [0.1, 0.15) is 0 Å². The van der Waals surface area contributed by atoms with Crippen molar-refractivity contribution in [3.05, 3.63) is 148 Å². The molecule has 0 bridgehead atoms. The van der Waals surface area contributed by atoms with Gasteiger partial charge in [-0.2, -0.15) is 0 Å². The van der Waals surface area contributed by atoms with Crippen LogP contribution in [0.5, 0.6) is 0 Å².